The minimum Gasteiger partial charge on any atom is -1.00 e. The molecule has 0 rings (SSSR count). The van der Waals surface area contributed by atoms with E-state index in [9.17, 15) is 0 Å². The Bertz CT molecular complexity index is 338. The second-order valence-electron chi connectivity index (χ2n) is 12.5. The van der Waals surface area contributed by atoms with Gasteiger partial charge in [0, 0.05) is 0 Å². The normalized spacial score (nSPS) is 11.2. The first-order chi connectivity index (χ1) is 18.4. The van der Waals surface area contributed by atoms with Crippen LogP contribution in [0.2, 0.25) is 0 Å². The molecule has 0 saturated carbocycles. The molecule has 0 aliphatic rings. The first-order valence-electron chi connectivity index (χ1n) is 18.2. The number of hydrogen-bond acceptors (Lipinski definition) is 0. The lowest BCUT2D eigenvalue weighted by atomic mass is 10.0. The smallest absolute Gasteiger partial charge is 0.0739 e. The number of hydrogen-bond donors (Lipinski definition) is 1. The van der Waals surface area contributed by atoms with Crippen LogP contribution in [0.25, 0.3) is 0 Å². The van der Waals surface area contributed by atoms with Gasteiger partial charge in [-0.1, -0.05) is 212 Å². The van der Waals surface area contributed by atoms with Crippen LogP contribution in [-0.4, -0.2) is 6.54 Å². The van der Waals surface area contributed by atoms with E-state index in [0.29, 0.717) is 0 Å². The molecule has 0 radical (unpaired) electrons. The molecule has 0 aliphatic heterocycles. The minimum atomic E-state index is 0. The lowest BCUT2D eigenvalue weighted by Crippen LogP contribution is -3.00. The van der Waals surface area contributed by atoms with Crippen molar-refractivity contribution < 1.29 is 18.1 Å². The third kappa shape index (κ3) is 38.4. The van der Waals surface area contributed by atoms with E-state index in [4.69, 9.17) is 0 Å². The van der Waals surface area contributed by atoms with Crippen molar-refractivity contribution in [2.75, 3.05) is 6.54 Å². The Morgan fingerprint density at radius 1 is 0.237 bits per heavy atom. The summed E-state index contributed by atoms with van der Waals surface area (Å²) in [5.74, 6) is 0. The van der Waals surface area contributed by atoms with Gasteiger partial charge in [0.1, 0.15) is 0 Å². The highest BCUT2D eigenvalue weighted by Crippen LogP contribution is 2.17. The topological polar surface area (TPSA) is 27.6 Å². The molecule has 0 bridgehead atoms. The van der Waals surface area contributed by atoms with Gasteiger partial charge < -0.3 is 18.1 Å². The molecule has 0 aromatic heterocycles. The molecule has 1 nitrogen and oxygen atoms in total. The van der Waals surface area contributed by atoms with E-state index in [1.807, 2.05) is 0 Å². The molecule has 2 heteroatoms. The maximum absolute atomic E-state index is 3.93. The van der Waals surface area contributed by atoms with Crippen molar-refractivity contribution in [2.24, 2.45) is 0 Å². The number of unbranched alkanes of at least 4 members (excludes halogenated alkanes) is 33. The highest BCUT2D eigenvalue weighted by Gasteiger charge is 1.97. The zero-order valence-electron chi connectivity index (χ0n) is 26.8. The first kappa shape index (κ1) is 40.4. The van der Waals surface area contributed by atoms with E-state index in [1.165, 1.54) is 218 Å². The molecule has 3 N–H and O–H groups in total. The second-order valence-corrected chi connectivity index (χ2v) is 12.5. The van der Waals surface area contributed by atoms with E-state index < -0.39 is 0 Å². The van der Waals surface area contributed by atoms with Crippen LogP contribution in [-0.2, 0) is 0 Å². The largest absolute Gasteiger partial charge is 1.00 e. The summed E-state index contributed by atoms with van der Waals surface area (Å²) in [5, 5.41) is 0. The summed E-state index contributed by atoms with van der Waals surface area (Å²) in [4.78, 5) is 0. The van der Waals surface area contributed by atoms with Gasteiger partial charge in [0.2, 0.25) is 0 Å². The highest BCUT2D eigenvalue weighted by atomic mass is 35.5. The number of rotatable bonds is 34. The van der Waals surface area contributed by atoms with Crippen molar-refractivity contribution in [3.63, 3.8) is 0 Å². The summed E-state index contributed by atoms with van der Waals surface area (Å²) in [6.07, 6.45) is 50.1. The molecule has 0 unspecified atom stereocenters. The molecule has 0 aromatic carbocycles. The van der Waals surface area contributed by atoms with E-state index in [2.05, 4.69) is 12.7 Å². The van der Waals surface area contributed by atoms with Gasteiger partial charge in [-0.15, -0.1) is 0 Å². The molecule has 232 valence electrons. The Kier molecular flexibility index (Phi) is 41.9. The van der Waals surface area contributed by atoms with Gasteiger partial charge in [0.05, 0.1) is 6.54 Å². The molecular weight excluding hydrogens is 482 g/mol. The van der Waals surface area contributed by atoms with E-state index in [1.54, 1.807) is 0 Å². The highest BCUT2D eigenvalue weighted by molar-refractivity contribution is 4.53. The first-order valence-corrected chi connectivity index (χ1v) is 18.2. The zero-order valence-corrected chi connectivity index (χ0v) is 27.6. The quantitative estimate of drug-likeness (QED) is 0.0762. The lowest BCUT2D eigenvalue weighted by molar-refractivity contribution is -0.368. The Morgan fingerprint density at radius 3 is 0.500 bits per heavy atom. The van der Waals surface area contributed by atoms with Crippen LogP contribution in [0.5, 0.6) is 0 Å². The minimum absolute atomic E-state index is 0. The Balaban J connectivity index is 0. The maximum Gasteiger partial charge on any atom is 0.0739 e. The van der Waals surface area contributed by atoms with Gasteiger partial charge >= 0.3 is 0 Å². The molecule has 0 heterocycles. The van der Waals surface area contributed by atoms with Gasteiger partial charge in [0.25, 0.3) is 0 Å². The fourth-order valence-electron chi connectivity index (χ4n) is 5.91. The van der Waals surface area contributed by atoms with Crippen LogP contribution < -0.4 is 18.1 Å². The van der Waals surface area contributed by atoms with E-state index in [0.717, 1.165) is 6.54 Å². The second kappa shape index (κ2) is 39.4. The van der Waals surface area contributed by atoms with Crippen molar-refractivity contribution in [1.29, 1.82) is 0 Å². The predicted octanol–water partition coefficient (Wildman–Crippen LogP) is 9.52. The molecule has 0 atom stereocenters. The Morgan fingerprint density at radius 2 is 0.368 bits per heavy atom. The van der Waals surface area contributed by atoms with Crippen molar-refractivity contribution in [2.45, 2.75) is 225 Å². The molecule has 0 fully saturated rings. The molecule has 0 amide bonds. The fraction of sp³-hybridized carbons (Fsp3) is 1.00. The van der Waals surface area contributed by atoms with Gasteiger partial charge in [-0.05, 0) is 12.8 Å². The molecule has 0 saturated heterocycles. The van der Waals surface area contributed by atoms with Crippen molar-refractivity contribution >= 4 is 0 Å². The van der Waals surface area contributed by atoms with E-state index >= 15 is 0 Å². The molecule has 0 aliphatic carbocycles. The van der Waals surface area contributed by atoms with Gasteiger partial charge in [-0.25, -0.2) is 0 Å². The average molecular weight is 558 g/mol. The Labute approximate surface area is 249 Å². The summed E-state index contributed by atoms with van der Waals surface area (Å²) in [5.41, 5.74) is 3.93. The van der Waals surface area contributed by atoms with Gasteiger partial charge in [0.15, 0.2) is 0 Å². The molecule has 0 spiro atoms. The van der Waals surface area contributed by atoms with Crippen LogP contribution in [0.3, 0.4) is 0 Å². The van der Waals surface area contributed by atoms with Crippen molar-refractivity contribution in [3.05, 3.63) is 0 Å². The lowest BCUT2D eigenvalue weighted by Gasteiger charge is -2.05. The summed E-state index contributed by atoms with van der Waals surface area (Å²) < 4.78 is 0. The fourth-order valence-corrected chi connectivity index (χ4v) is 5.91. The van der Waals surface area contributed by atoms with Crippen molar-refractivity contribution in [3.8, 4) is 0 Å². The molecular formula is C36H76ClN. The van der Waals surface area contributed by atoms with Crippen LogP contribution in [0.1, 0.15) is 225 Å². The van der Waals surface area contributed by atoms with Crippen LogP contribution in [0.4, 0.5) is 0 Å². The summed E-state index contributed by atoms with van der Waals surface area (Å²) in [6.45, 7) is 3.43. The van der Waals surface area contributed by atoms with Crippen LogP contribution >= 0.6 is 0 Å². The number of quaternary nitrogens is 1. The van der Waals surface area contributed by atoms with Crippen LogP contribution in [0.15, 0.2) is 0 Å². The Hall–Kier alpha value is 0.250. The summed E-state index contributed by atoms with van der Waals surface area (Å²) in [7, 11) is 0. The van der Waals surface area contributed by atoms with Gasteiger partial charge in [-0.3, -0.25) is 0 Å². The molecule has 38 heavy (non-hydrogen) atoms. The zero-order chi connectivity index (χ0) is 26.7. The summed E-state index contributed by atoms with van der Waals surface area (Å²) >= 11 is 0. The van der Waals surface area contributed by atoms with Crippen molar-refractivity contribution in [1.82, 2.24) is 0 Å². The molecule has 0 aromatic rings. The van der Waals surface area contributed by atoms with Gasteiger partial charge in [-0.2, -0.15) is 0 Å². The third-order valence-electron chi connectivity index (χ3n) is 8.60. The third-order valence-corrected chi connectivity index (χ3v) is 8.60. The van der Waals surface area contributed by atoms with E-state index in [-0.39, 0.29) is 12.4 Å². The maximum atomic E-state index is 3.93. The predicted molar refractivity (Wildman–Crippen MR) is 170 cm³/mol. The number of halogens is 1. The van der Waals surface area contributed by atoms with Crippen LogP contribution in [0, 0.1) is 0 Å². The standard InChI is InChI=1S/C36H75N.ClH/c1-2-3-4-5-6-7-8-9-10-11-12-13-14-15-16-17-18-19-20-21-22-23-24-25-26-27-28-29-30-31-32-33-34-35-36-37;/h2-37H2,1H3;1H. The SMILES string of the molecule is CCCCCCCCCCCCCCCCCCCCCCCCCCCCCCCCCCCC[NH3+].[Cl-]. The monoisotopic (exact) mass is 558 g/mol. The average Bonchev–Trinajstić information content (AvgIpc) is 2.91. The summed E-state index contributed by atoms with van der Waals surface area (Å²) in [6, 6.07) is 0.